The number of rotatable bonds is 5. The Morgan fingerprint density at radius 1 is 1.07 bits per heavy atom. The second-order valence-corrected chi connectivity index (χ2v) is 5.95. The van der Waals surface area contributed by atoms with Gasteiger partial charge in [-0.3, -0.25) is 0 Å². The molecule has 0 atom stereocenters. The van der Waals surface area contributed by atoms with Crippen molar-refractivity contribution in [2.45, 2.75) is 13.8 Å². The van der Waals surface area contributed by atoms with Crippen molar-refractivity contribution in [3.63, 3.8) is 0 Å². The average molecular weight is 369 g/mol. The van der Waals surface area contributed by atoms with Gasteiger partial charge in [-0.15, -0.1) is 0 Å². The molecule has 0 spiro atoms. The second kappa shape index (κ2) is 8.48. The zero-order valence-electron chi connectivity index (χ0n) is 18.3. The van der Waals surface area contributed by atoms with Crippen molar-refractivity contribution in [2.75, 3.05) is 10.6 Å². The van der Waals surface area contributed by atoms with Crippen LogP contribution in [0.5, 0.6) is 0 Å². The van der Waals surface area contributed by atoms with Gasteiger partial charge in [-0.05, 0) is 79.0 Å². The highest BCUT2D eigenvalue weighted by Gasteiger charge is 2.07. The molecule has 0 bridgehead atoms. The van der Waals surface area contributed by atoms with E-state index in [0.717, 1.165) is 22.4 Å². The summed E-state index contributed by atoms with van der Waals surface area (Å²) >= 11 is 0. The minimum absolute atomic E-state index is 0.0316. The quantitative estimate of drug-likeness (QED) is 0.615. The Balaban J connectivity index is 1.89. The molecule has 3 aromatic rings. The number of allylic oxidation sites excluding steroid dienone is 1. The number of aryl methyl sites for hydroxylation is 2. The number of nitrogens with one attached hydrogen (secondary N) is 2. The fourth-order valence-electron chi connectivity index (χ4n) is 2.63. The van der Waals surface area contributed by atoms with Gasteiger partial charge in [0, 0.05) is 23.6 Å². The molecule has 0 saturated carbocycles. The topological polar surface area (TPSA) is 97.4 Å². The molecule has 3 rings (SSSR count). The van der Waals surface area contributed by atoms with E-state index in [1.165, 1.54) is 18.3 Å². The van der Waals surface area contributed by atoms with Gasteiger partial charge in [0.05, 0.1) is 21.8 Å². The lowest BCUT2D eigenvalue weighted by Gasteiger charge is -2.14. The summed E-state index contributed by atoms with van der Waals surface area (Å²) < 4.78 is 24.0. The molecule has 1 aromatic heterocycles. The van der Waals surface area contributed by atoms with Crippen LogP contribution in [0.4, 0.5) is 23.1 Å². The summed E-state index contributed by atoms with van der Waals surface area (Å²) in [6.45, 7) is 3.90. The molecule has 0 amide bonds. The number of nitrogens with zero attached hydrogens (tertiary/aromatic N) is 4. The highest BCUT2D eigenvalue weighted by molar-refractivity contribution is 5.69. The van der Waals surface area contributed by atoms with Crippen LogP contribution in [0, 0.1) is 36.5 Å². The van der Waals surface area contributed by atoms with Crippen molar-refractivity contribution < 1.29 is 4.11 Å². The summed E-state index contributed by atoms with van der Waals surface area (Å²) in [5, 5.41) is 23.8. The molecule has 0 radical (unpaired) electrons. The maximum absolute atomic E-state index is 9.02. The van der Waals surface area contributed by atoms with Crippen molar-refractivity contribution in [1.82, 2.24) is 9.97 Å². The van der Waals surface area contributed by atoms with Gasteiger partial charge in [0.1, 0.15) is 5.82 Å². The molecule has 136 valence electrons. The first-order chi connectivity index (χ1) is 14.8. The molecule has 0 aliphatic rings. The Kier molecular flexibility index (Phi) is 4.53. The minimum Gasteiger partial charge on any atom is -0.340 e. The zero-order valence-corrected chi connectivity index (χ0v) is 15.3. The van der Waals surface area contributed by atoms with E-state index in [0.29, 0.717) is 5.82 Å². The first-order valence-corrected chi connectivity index (χ1v) is 8.39. The largest absolute Gasteiger partial charge is 0.340 e. The molecule has 0 fully saturated rings. The van der Waals surface area contributed by atoms with Crippen LogP contribution >= 0.6 is 0 Å². The molecule has 2 aromatic carbocycles. The Morgan fingerprint density at radius 2 is 1.86 bits per heavy atom. The predicted molar refractivity (Wildman–Crippen MR) is 110 cm³/mol. The van der Waals surface area contributed by atoms with Crippen LogP contribution in [0.25, 0.3) is 6.08 Å². The minimum atomic E-state index is -0.265. The summed E-state index contributed by atoms with van der Waals surface area (Å²) in [6, 6.07) is 10.0. The molecule has 6 heteroatoms. The van der Waals surface area contributed by atoms with Crippen molar-refractivity contribution >= 4 is 29.2 Å². The van der Waals surface area contributed by atoms with Crippen LogP contribution in [0.3, 0.4) is 0 Å². The van der Waals surface area contributed by atoms with Crippen LogP contribution in [-0.2, 0) is 0 Å². The Bertz CT molecular complexity index is 1250. The molecule has 0 unspecified atom stereocenters. The predicted octanol–water partition coefficient (Wildman–Crippen LogP) is 4.99. The lowest BCUT2D eigenvalue weighted by atomic mass is 10.0. The maximum Gasteiger partial charge on any atom is 0.229 e. The highest BCUT2D eigenvalue weighted by atomic mass is 15.1. The van der Waals surface area contributed by atoms with Gasteiger partial charge in [-0.1, -0.05) is 0 Å². The molecule has 28 heavy (non-hydrogen) atoms. The van der Waals surface area contributed by atoms with Crippen LogP contribution in [-0.4, -0.2) is 9.97 Å². The van der Waals surface area contributed by atoms with Crippen LogP contribution < -0.4 is 10.6 Å². The van der Waals surface area contributed by atoms with E-state index in [2.05, 4.69) is 20.6 Å². The molecule has 2 N–H and O–H groups in total. The number of benzene rings is 2. The Labute approximate surface area is 168 Å². The maximum atomic E-state index is 9.02. The summed E-state index contributed by atoms with van der Waals surface area (Å²) in [6.07, 6.45) is 4.70. The fourth-order valence-corrected chi connectivity index (χ4v) is 2.63. The van der Waals surface area contributed by atoms with Gasteiger partial charge in [0.25, 0.3) is 0 Å². The van der Waals surface area contributed by atoms with E-state index in [4.69, 9.17) is 14.6 Å². The normalized spacial score (nSPS) is 11.8. The van der Waals surface area contributed by atoms with Crippen LogP contribution in [0.2, 0.25) is 0 Å². The van der Waals surface area contributed by atoms with Gasteiger partial charge < -0.3 is 10.6 Å². The average Bonchev–Trinajstić information content (AvgIpc) is 2.75. The molecule has 1 heterocycles. The lowest BCUT2D eigenvalue weighted by molar-refractivity contribution is 1.16. The van der Waals surface area contributed by atoms with E-state index in [9.17, 15) is 0 Å². The number of aromatic nitrogens is 2. The van der Waals surface area contributed by atoms with Crippen molar-refractivity contribution in [3.8, 4) is 12.1 Å². The third kappa shape index (κ3) is 4.51. The first-order valence-electron chi connectivity index (χ1n) is 9.89. The van der Waals surface area contributed by atoms with Crippen molar-refractivity contribution in [1.29, 1.82) is 10.5 Å². The van der Waals surface area contributed by atoms with E-state index in [1.54, 1.807) is 12.1 Å². The zero-order chi connectivity index (χ0) is 22.5. The van der Waals surface area contributed by atoms with Gasteiger partial charge in [-0.2, -0.15) is 15.5 Å². The van der Waals surface area contributed by atoms with Crippen LogP contribution in [0.15, 0.2) is 54.7 Å². The third-order valence-corrected chi connectivity index (χ3v) is 3.85. The van der Waals surface area contributed by atoms with Crippen molar-refractivity contribution in [3.05, 3.63) is 76.9 Å². The number of nitriles is 2. The molecular weight excluding hydrogens is 348 g/mol. The monoisotopic (exact) mass is 369 g/mol. The Morgan fingerprint density at radius 3 is 2.57 bits per heavy atom. The SMILES string of the molecule is [2H]c1cc(C#N)c([2H])c([2H])c1Nc1nccc(Nc2c(C)cc(/C=C/C#N)cc2C)n1. The first kappa shape index (κ1) is 15.0. The van der Waals surface area contributed by atoms with E-state index in [1.807, 2.05) is 38.1 Å². The summed E-state index contributed by atoms with van der Waals surface area (Å²) in [5.41, 5.74) is 3.76. The third-order valence-electron chi connectivity index (χ3n) is 3.85. The van der Waals surface area contributed by atoms with Gasteiger partial charge >= 0.3 is 0 Å². The smallest absolute Gasteiger partial charge is 0.229 e. The van der Waals surface area contributed by atoms with Crippen molar-refractivity contribution in [2.24, 2.45) is 0 Å². The van der Waals surface area contributed by atoms with E-state index >= 15 is 0 Å². The second-order valence-electron chi connectivity index (χ2n) is 5.95. The van der Waals surface area contributed by atoms with Crippen LogP contribution in [0.1, 0.15) is 26.4 Å². The standard InChI is InChI=1S/C22H18N6/c1-15-12-18(4-3-10-23)13-16(2)21(15)27-20-9-11-25-22(28-20)26-19-7-5-17(14-24)6-8-19/h3-9,11-13H,1-2H3,(H2,25,26,27,28)/b4-3+/i5D,7D,8D. The fraction of sp³-hybridized carbons (Fsp3) is 0.0909. The number of anilines is 4. The molecular formula is C22H18N6. The lowest BCUT2D eigenvalue weighted by Crippen LogP contribution is -2.02. The molecule has 6 nitrogen and oxygen atoms in total. The number of hydrogen-bond acceptors (Lipinski definition) is 6. The molecule has 0 aliphatic carbocycles. The molecule has 0 saturated heterocycles. The summed E-state index contributed by atoms with van der Waals surface area (Å²) in [7, 11) is 0. The van der Waals surface area contributed by atoms with Gasteiger partial charge in [-0.25, -0.2) is 4.98 Å². The number of hydrogen-bond donors (Lipinski definition) is 2. The van der Waals surface area contributed by atoms with Gasteiger partial charge in [0.2, 0.25) is 5.95 Å². The van der Waals surface area contributed by atoms with Gasteiger partial charge in [0.15, 0.2) is 0 Å². The Hall–Kier alpha value is -4.16. The van der Waals surface area contributed by atoms with E-state index in [-0.39, 0.29) is 35.3 Å². The highest BCUT2D eigenvalue weighted by Crippen LogP contribution is 2.26. The summed E-state index contributed by atoms with van der Waals surface area (Å²) in [4.78, 5) is 8.52. The summed E-state index contributed by atoms with van der Waals surface area (Å²) in [5.74, 6) is 0.654. The molecule has 0 aliphatic heterocycles. The van der Waals surface area contributed by atoms with E-state index < -0.39 is 0 Å².